The summed E-state index contributed by atoms with van der Waals surface area (Å²) in [6.07, 6.45) is 3.94. The van der Waals surface area contributed by atoms with Gasteiger partial charge in [0, 0.05) is 22.5 Å². The number of carbonyl (C=O) groups is 1. The molecule has 2 rings (SSSR count). The summed E-state index contributed by atoms with van der Waals surface area (Å²) < 4.78 is 13.3. The summed E-state index contributed by atoms with van der Waals surface area (Å²) in [5.74, 6) is -1.27. The van der Waals surface area contributed by atoms with Crippen molar-refractivity contribution < 1.29 is 14.1 Å². The number of carbonyl (C=O) groups excluding carboxylic acids is 1. The maximum absolute atomic E-state index is 13.3. The number of benzene rings is 1. The third kappa shape index (κ3) is 3.53. The molecule has 20 heavy (non-hydrogen) atoms. The first-order valence-corrected chi connectivity index (χ1v) is 7.29. The van der Waals surface area contributed by atoms with Gasteiger partial charge in [-0.25, -0.2) is 4.39 Å². The van der Waals surface area contributed by atoms with E-state index in [-0.39, 0.29) is 16.4 Å². The van der Waals surface area contributed by atoms with Crippen LogP contribution in [0.5, 0.6) is 0 Å². The summed E-state index contributed by atoms with van der Waals surface area (Å²) in [5, 5.41) is 13.5. The zero-order valence-corrected chi connectivity index (χ0v) is 12.2. The van der Waals surface area contributed by atoms with Crippen molar-refractivity contribution in [2.45, 2.75) is 36.6 Å². The number of rotatable bonds is 3. The molecule has 2 atom stereocenters. The lowest BCUT2D eigenvalue weighted by Crippen LogP contribution is -2.42. The molecule has 0 aliphatic heterocycles. The lowest BCUT2D eigenvalue weighted by atomic mass is 9.95. The highest BCUT2D eigenvalue weighted by Crippen LogP contribution is 2.25. The first-order chi connectivity index (χ1) is 9.47. The van der Waals surface area contributed by atoms with Crippen molar-refractivity contribution in [3.63, 3.8) is 0 Å². The molecule has 1 aromatic carbocycles. The fourth-order valence-electron chi connectivity index (χ4n) is 2.31. The summed E-state index contributed by atoms with van der Waals surface area (Å²) in [4.78, 5) is 22.2. The molecular weight excluding hydrogens is 331 g/mol. The van der Waals surface area contributed by atoms with E-state index in [0.717, 1.165) is 43.9 Å². The number of hydrogen-bond acceptors (Lipinski definition) is 3. The Bertz CT molecular complexity index is 538. The molecule has 2 unspecified atom stereocenters. The smallest absolute Gasteiger partial charge is 0.273 e. The number of amides is 1. The van der Waals surface area contributed by atoms with Gasteiger partial charge in [-0.2, -0.15) is 0 Å². The van der Waals surface area contributed by atoms with Gasteiger partial charge in [-0.05, 0) is 18.9 Å². The first kappa shape index (κ1) is 14.9. The van der Waals surface area contributed by atoms with Crippen LogP contribution in [0.15, 0.2) is 18.2 Å². The molecule has 5 nitrogen and oxygen atoms in total. The number of nitro benzene ring substituents is 1. The number of hydrogen-bond donors (Lipinski definition) is 1. The van der Waals surface area contributed by atoms with Crippen LogP contribution in [-0.4, -0.2) is 21.7 Å². The number of non-ortho nitro benzene ring substituents is 1. The largest absolute Gasteiger partial charge is 0.348 e. The van der Waals surface area contributed by atoms with Crippen LogP contribution < -0.4 is 5.32 Å². The summed E-state index contributed by atoms with van der Waals surface area (Å²) in [7, 11) is 0. The standard InChI is InChI=1S/C13H14BrFN2O3/c14-11-3-1-2-4-12(11)16-13(18)8-5-9(15)7-10(6-8)17(19)20/h5-7,11-12H,1-4H2,(H,16,18). The molecule has 0 heterocycles. The molecular formula is C13H14BrFN2O3. The lowest BCUT2D eigenvalue weighted by Gasteiger charge is -2.28. The van der Waals surface area contributed by atoms with E-state index in [2.05, 4.69) is 21.2 Å². The van der Waals surface area contributed by atoms with Crippen LogP contribution in [0.1, 0.15) is 36.0 Å². The summed E-state index contributed by atoms with van der Waals surface area (Å²) in [6.45, 7) is 0. The third-order valence-corrected chi connectivity index (χ3v) is 4.45. The molecule has 0 bridgehead atoms. The zero-order chi connectivity index (χ0) is 14.7. The van der Waals surface area contributed by atoms with Crippen molar-refractivity contribution in [3.05, 3.63) is 39.7 Å². The van der Waals surface area contributed by atoms with Gasteiger partial charge in [0.1, 0.15) is 5.82 Å². The van der Waals surface area contributed by atoms with E-state index in [1.165, 1.54) is 0 Å². The normalized spacial score (nSPS) is 22.3. The second kappa shape index (κ2) is 6.30. The number of alkyl halides is 1. The first-order valence-electron chi connectivity index (χ1n) is 6.37. The molecule has 1 amide bonds. The van der Waals surface area contributed by atoms with Gasteiger partial charge < -0.3 is 5.32 Å². The van der Waals surface area contributed by atoms with E-state index in [4.69, 9.17) is 0 Å². The summed E-state index contributed by atoms with van der Waals surface area (Å²) in [6, 6.07) is 2.86. The van der Waals surface area contributed by atoms with Crippen molar-refractivity contribution in [1.29, 1.82) is 0 Å². The summed E-state index contributed by atoms with van der Waals surface area (Å²) >= 11 is 3.51. The van der Waals surface area contributed by atoms with E-state index in [1.54, 1.807) is 0 Å². The Morgan fingerprint density at radius 1 is 1.35 bits per heavy atom. The van der Waals surface area contributed by atoms with Crippen LogP contribution in [0, 0.1) is 15.9 Å². The average molecular weight is 345 g/mol. The van der Waals surface area contributed by atoms with Crippen molar-refractivity contribution in [3.8, 4) is 0 Å². The maximum Gasteiger partial charge on any atom is 0.273 e. The van der Waals surface area contributed by atoms with Crippen molar-refractivity contribution in [2.24, 2.45) is 0 Å². The predicted molar refractivity (Wildman–Crippen MR) is 75.5 cm³/mol. The van der Waals surface area contributed by atoms with Gasteiger partial charge >= 0.3 is 0 Å². The molecule has 1 aliphatic carbocycles. The topological polar surface area (TPSA) is 72.2 Å². The van der Waals surface area contributed by atoms with Crippen molar-refractivity contribution in [2.75, 3.05) is 0 Å². The van der Waals surface area contributed by atoms with Crippen LogP contribution in [0.25, 0.3) is 0 Å². The second-order valence-electron chi connectivity index (χ2n) is 4.84. The average Bonchev–Trinajstić information content (AvgIpc) is 2.40. The number of nitrogens with zero attached hydrogens (tertiary/aromatic N) is 1. The van der Waals surface area contributed by atoms with E-state index >= 15 is 0 Å². The molecule has 1 fully saturated rings. The Labute approximate surface area is 123 Å². The van der Waals surface area contributed by atoms with Gasteiger partial charge in [-0.1, -0.05) is 28.8 Å². The molecule has 1 saturated carbocycles. The molecule has 0 aromatic heterocycles. The number of nitro groups is 1. The third-order valence-electron chi connectivity index (χ3n) is 3.35. The van der Waals surface area contributed by atoms with Crippen molar-refractivity contribution >= 4 is 27.5 Å². The highest BCUT2D eigenvalue weighted by molar-refractivity contribution is 9.09. The molecule has 1 aliphatic rings. The minimum Gasteiger partial charge on any atom is -0.348 e. The predicted octanol–water partition coefficient (Wildman–Crippen LogP) is 3.17. The SMILES string of the molecule is O=C(NC1CCCCC1Br)c1cc(F)cc([N+](=O)[O-])c1. The quantitative estimate of drug-likeness (QED) is 0.520. The van der Waals surface area contributed by atoms with Crippen LogP contribution in [0.2, 0.25) is 0 Å². The van der Waals surface area contributed by atoms with Gasteiger partial charge in [0.05, 0.1) is 11.0 Å². The number of nitrogens with one attached hydrogen (secondary N) is 1. The Kier molecular flexibility index (Phi) is 4.69. The van der Waals surface area contributed by atoms with Crippen LogP contribution in [0.4, 0.5) is 10.1 Å². The molecule has 0 saturated heterocycles. The van der Waals surface area contributed by atoms with E-state index in [9.17, 15) is 19.3 Å². The fourth-order valence-corrected chi connectivity index (χ4v) is 3.03. The number of halogens is 2. The van der Waals surface area contributed by atoms with Gasteiger partial charge in [-0.15, -0.1) is 0 Å². The molecule has 0 radical (unpaired) electrons. The van der Waals surface area contributed by atoms with Crippen LogP contribution >= 0.6 is 15.9 Å². The van der Waals surface area contributed by atoms with Crippen LogP contribution in [0.3, 0.4) is 0 Å². The van der Waals surface area contributed by atoms with Gasteiger partial charge in [0.25, 0.3) is 11.6 Å². The molecule has 108 valence electrons. The fraction of sp³-hybridized carbons (Fsp3) is 0.462. The van der Waals surface area contributed by atoms with Gasteiger partial charge in [0.2, 0.25) is 0 Å². The van der Waals surface area contributed by atoms with Crippen LogP contribution in [-0.2, 0) is 0 Å². The van der Waals surface area contributed by atoms with Crippen molar-refractivity contribution in [1.82, 2.24) is 5.32 Å². The van der Waals surface area contributed by atoms with Gasteiger partial charge in [-0.3, -0.25) is 14.9 Å². The Morgan fingerprint density at radius 2 is 2.05 bits per heavy atom. The highest BCUT2D eigenvalue weighted by Gasteiger charge is 2.25. The molecule has 1 aromatic rings. The minimum atomic E-state index is -0.789. The van der Waals surface area contributed by atoms with E-state index in [1.807, 2.05) is 0 Å². The Balaban J connectivity index is 2.14. The van der Waals surface area contributed by atoms with E-state index in [0.29, 0.717) is 0 Å². The summed E-state index contributed by atoms with van der Waals surface area (Å²) in [5.41, 5.74) is -0.448. The lowest BCUT2D eigenvalue weighted by molar-refractivity contribution is -0.385. The highest BCUT2D eigenvalue weighted by atomic mass is 79.9. The Hall–Kier alpha value is -1.50. The molecule has 7 heteroatoms. The zero-order valence-electron chi connectivity index (χ0n) is 10.6. The monoisotopic (exact) mass is 344 g/mol. The molecule has 1 N–H and O–H groups in total. The molecule has 0 spiro atoms. The Morgan fingerprint density at radius 3 is 2.70 bits per heavy atom. The minimum absolute atomic E-state index is 0.0260. The van der Waals surface area contributed by atoms with Gasteiger partial charge in [0.15, 0.2) is 0 Å². The second-order valence-corrected chi connectivity index (χ2v) is 6.01. The van der Waals surface area contributed by atoms with E-state index < -0.39 is 22.3 Å². The maximum atomic E-state index is 13.3.